The minimum Gasteiger partial charge on any atom is -0.444 e. The van der Waals surface area contributed by atoms with E-state index >= 15 is 0 Å². The molecule has 0 saturated carbocycles. The summed E-state index contributed by atoms with van der Waals surface area (Å²) in [4.78, 5) is 29.6. The van der Waals surface area contributed by atoms with Crippen LogP contribution in [0.25, 0.3) is 0 Å². The van der Waals surface area contributed by atoms with E-state index in [4.69, 9.17) is 4.74 Å². The zero-order valence-electron chi connectivity index (χ0n) is 23.7. The van der Waals surface area contributed by atoms with Crippen LogP contribution in [0.5, 0.6) is 0 Å². The smallest absolute Gasteiger partial charge is 0.410 e. The maximum atomic E-state index is 12.8. The monoisotopic (exact) mass is 555 g/mol. The van der Waals surface area contributed by atoms with Crippen LogP contribution in [0.1, 0.15) is 61.5 Å². The van der Waals surface area contributed by atoms with E-state index in [1.165, 1.54) is 35.4 Å². The number of rotatable bonds is 6. The van der Waals surface area contributed by atoms with Crippen molar-refractivity contribution in [3.8, 4) is 0 Å². The standard InChI is InChI=1S/C30H41N3O5S/c1-30(2,3)38-29(35)33-16-14-21(15-17-33)20-32(4)26-11-7-22-6-10-25(18-24(22)19-26)31-28(34)23-8-12-27(13-9-23)39(5,36)37/h6,8-10,12-13,18,21,26H,7,11,14-17,19-20H2,1-5H3,(H,31,34). The lowest BCUT2D eigenvalue weighted by atomic mass is 9.86. The highest BCUT2D eigenvalue weighted by atomic mass is 32.2. The molecule has 1 atom stereocenters. The molecule has 1 unspecified atom stereocenters. The molecule has 4 rings (SSSR count). The molecule has 0 aromatic heterocycles. The normalized spacial score (nSPS) is 18.5. The number of carbonyl (C=O) groups excluding carboxylic acids is 2. The Morgan fingerprint density at radius 1 is 1.03 bits per heavy atom. The fourth-order valence-electron chi connectivity index (χ4n) is 5.43. The summed E-state index contributed by atoms with van der Waals surface area (Å²) in [5, 5.41) is 2.96. The first-order valence-electron chi connectivity index (χ1n) is 13.7. The van der Waals surface area contributed by atoms with Gasteiger partial charge in [0.1, 0.15) is 5.60 Å². The maximum absolute atomic E-state index is 12.8. The molecular weight excluding hydrogens is 514 g/mol. The predicted octanol–water partition coefficient (Wildman–Crippen LogP) is 4.78. The molecule has 1 aliphatic carbocycles. The van der Waals surface area contributed by atoms with Crippen molar-refractivity contribution in [3.05, 3.63) is 59.2 Å². The molecular formula is C30H41N3O5S. The summed E-state index contributed by atoms with van der Waals surface area (Å²) in [6, 6.07) is 12.5. The molecule has 2 aromatic carbocycles. The number of fused-ring (bicyclic) bond motifs is 1. The Hall–Kier alpha value is -2.91. The second-order valence-electron chi connectivity index (χ2n) is 12.0. The summed E-state index contributed by atoms with van der Waals surface area (Å²) in [7, 11) is -1.11. The van der Waals surface area contributed by atoms with Gasteiger partial charge in [-0.3, -0.25) is 4.79 Å². The van der Waals surface area contributed by atoms with Crippen LogP contribution in [0.4, 0.5) is 10.5 Å². The van der Waals surface area contributed by atoms with Gasteiger partial charge in [-0.2, -0.15) is 0 Å². The fraction of sp³-hybridized carbons (Fsp3) is 0.533. The van der Waals surface area contributed by atoms with Gasteiger partial charge in [0.05, 0.1) is 4.90 Å². The maximum Gasteiger partial charge on any atom is 0.410 e. The van der Waals surface area contributed by atoms with Crippen LogP contribution in [0.15, 0.2) is 47.4 Å². The molecule has 2 aliphatic rings. The van der Waals surface area contributed by atoms with Crippen LogP contribution in [-0.2, 0) is 27.4 Å². The Morgan fingerprint density at radius 2 is 1.69 bits per heavy atom. The molecule has 0 bridgehead atoms. The highest BCUT2D eigenvalue weighted by molar-refractivity contribution is 7.90. The largest absolute Gasteiger partial charge is 0.444 e. The number of amides is 2. The van der Waals surface area contributed by atoms with Gasteiger partial charge in [0, 0.05) is 43.2 Å². The molecule has 0 spiro atoms. The highest BCUT2D eigenvalue weighted by Crippen LogP contribution is 2.29. The second-order valence-corrected chi connectivity index (χ2v) is 14.0. The summed E-state index contributed by atoms with van der Waals surface area (Å²) >= 11 is 0. The van der Waals surface area contributed by atoms with Gasteiger partial charge in [0.25, 0.3) is 5.91 Å². The third-order valence-electron chi connectivity index (χ3n) is 7.65. The van der Waals surface area contributed by atoms with Gasteiger partial charge in [-0.15, -0.1) is 0 Å². The number of likely N-dealkylation sites (tertiary alicyclic amines) is 1. The van der Waals surface area contributed by atoms with E-state index in [2.05, 4.69) is 29.4 Å². The average molecular weight is 556 g/mol. The summed E-state index contributed by atoms with van der Waals surface area (Å²) in [6.45, 7) is 8.16. The third-order valence-corrected chi connectivity index (χ3v) is 8.78. The molecule has 9 heteroatoms. The molecule has 1 fully saturated rings. The summed E-state index contributed by atoms with van der Waals surface area (Å²) < 4.78 is 28.9. The first-order chi connectivity index (χ1) is 18.3. The molecule has 0 radical (unpaired) electrons. The molecule has 8 nitrogen and oxygen atoms in total. The summed E-state index contributed by atoms with van der Waals surface area (Å²) in [6.07, 6.45) is 5.92. The summed E-state index contributed by atoms with van der Waals surface area (Å²) in [5.74, 6) is 0.284. The fourth-order valence-corrected chi connectivity index (χ4v) is 6.06. The first-order valence-corrected chi connectivity index (χ1v) is 15.6. The molecule has 1 heterocycles. The summed E-state index contributed by atoms with van der Waals surface area (Å²) in [5.41, 5.74) is 3.25. The number of piperidine rings is 1. The molecule has 1 saturated heterocycles. The number of sulfone groups is 1. The lowest BCUT2D eigenvalue weighted by Gasteiger charge is -2.38. The number of benzene rings is 2. The molecule has 1 N–H and O–H groups in total. The van der Waals surface area contributed by atoms with Gasteiger partial charge in [-0.05, 0) is 113 Å². The Balaban J connectivity index is 1.31. The van der Waals surface area contributed by atoms with Crippen molar-refractivity contribution in [2.24, 2.45) is 5.92 Å². The van der Waals surface area contributed by atoms with Crippen LogP contribution in [0.2, 0.25) is 0 Å². The lowest BCUT2D eigenvalue weighted by Crippen LogP contribution is -2.45. The first kappa shape index (κ1) is 29.1. The van der Waals surface area contributed by atoms with Gasteiger partial charge in [-0.25, -0.2) is 13.2 Å². The van der Waals surface area contributed by atoms with E-state index in [1.807, 2.05) is 31.7 Å². The van der Waals surface area contributed by atoms with E-state index < -0.39 is 15.4 Å². The average Bonchev–Trinajstić information content (AvgIpc) is 2.87. The topological polar surface area (TPSA) is 96.0 Å². The third kappa shape index (κ3) is 7.82. The van der Waals surface area contributed by atoms with Crippen LogP contribution in [0.3, 0.4) is 0 Å². The molecule has 39 heavy (non-hydrogen) atoms. The molecule has 2 amide bonds. The van der Waals surface area contributed by atoms with Crippen molar-refractivity contribution in [1.29, 1.82) is 0 Å². The SMILES string of the molecule is CN(CC1CCN(C(=O)OC(C)(C)C)CC1)C1CCc2ccc(NC(=O)c3ccc(S(C)(=O)=O)cc3)cc2C1. The zero-order chi connectivity index (χ0) is 28.4. The van der Waals surface area contributed by atoms with Crippen LogP contribution in [-0.4, -0.2) is 74.8 Å². The van der Waals surface area contributed by atoms with Gasteiger partial charge in [0.15, 0.2) is 9.84 Å². The number of carbonyl (C=O) groups is 2. The number of nitrogens with zero attached hydrogens (tertiary/aromatic N) is 2. The number of ether oxygens (including phenoxy) is 1. The van der Waals surface area contributed by atoms with Crippen molar-refractivity contribution in [2.75, 3.05) is 38.3 Å². The van der Waals surface area contributed by atoms with Crippen molar-refractivity contribution < 1.29 is 22.7 Å². The van der Waals surface area contributed by atoms with Crippen molar-refractivity contribution in [1.82, 2.24) is 9.80 Å². The van der Waals surface area contributed by atoms with Crippen LogP contribution in [0, 0.1) is 5.92 Å². The Kier molecular flexibility index (Phi) is 8.71. The van der Waals surface area contributed by atoms with Crippen molar-refractivity contribution >= 4 is 27.5 Å². The van der Waals surface area contributed by atoms with Crippen LogP contribution < -0.4 is 5.32 Å². The van der Waals surface area contributed by atoms with E-state index in [0.717, 1.165) is 63.7 Å². The molecule has 1 aliphatic heterocycles. The minimum absolute atomic E-state index is 0.191. The zero-order valence-corrected chi connectivity index (χ0v) is 24.5. The van der Waals surface area contributed by atoms with E-state index in [-0.39, 0.29) is 16.9 Å². The second kappa shape index (κ2) is 11.7. The van der Waals surface area contributed by atoms with Crippen molar-refractivity contribution in [2.45, 2.75) is 69.4 Å². The highest BCUT2D eigenvalue weighted by Gasteiger charge is 2.29. The number of aryl methyl sites for hydroxylation is 1. The minimum atomic E-state index is -3.30. The number of hydrogen-bond acceptors (Lipinski definition) is 6. The Morgan fingerprint density at radius 3 is 2.31 bits per heavy atom. The molecule has 212 valence electrons. The lowest BCUT2D eigenvalue weighted by molar-refractivity contribution is 0.0166. The van der Waals surface area contributed by atoms with Crippen molar-refractivity contribution in [3.63, 3.8) is 0 Å². The molecule has 2 aromatic rings. The van der Waals surface area contributed by atoms with Gasteiger partial charge in [-0.1, -0.05) is 6.07 Å². The quantitative estimate of drug-likeness (QED) is 0.551. The van der Waals surface area contributed by atoms with E-state index in [1.54, 1.807) is 0 Å². The number of anilines is 1. The predicted molar refractivity (Wildman–Crippen MR) is 153 cm³/mol. The van der Waals surface area contributed by atoms with Crippen LogP contribution >= 0.6 is 0 Å². The number of hydrogen-bond donors (Lipinski definition) is 1. The van der Waals surface area contributed by atoms with E-state index in [0.29, 0.717) is 17.5 Å². The number of likely N-dealkylation sites (N-methyl/N-ethyl adjacent to an activating group) is 1. The number of nitrogens with one attached hydrogen (secondary N) is 1. The van der Waals surface area contributed by atoms with Gasteiger partial charge in [0.2, 0.25) is 0 Å². The Labute approximate surface area is 232 Å². The van der Waals surface area contributed by atoms with E-state index in [9.17, 15) is 18.0 Å². The van der Waals surface area contributed by atoms with Gasteiger partial charge < -0.3 is 19.9 Å². The Bertz CT molecular complexity index is 1290. The van der Waals surface area contributed by atoms with Gasteiger partial charge >= 0.3 is 6.09 Å².